The van der Waals surface area contributed by atoms with E-state index in [2.05, 4.69) is 12.2 Å². The van der Waals surface area contributed by atoms with Crippen LogP contribution in [0.15, 0.2) is 23.8 Å². The van der Waals surface area contributed by atoms with Crippen molar-refractivity contribution in [3.05, 3.63) is 23.8 Å². The first kappa shape index (κ1) is 7.11. The molecule has 1 fully saturated rings. The Morgan fingerprint density at radius 2 is 2.27 bits per heavy atom. The third kappa shape index (κ3) is 1.14. The van der Waals surface area contributed by atoms with E-state index in [1.54, 1.807) is 0 Å². The van der Waals surface area contributed by atoms with E-state index in [0.717, 1.165) is 6.42 Å². The maximum atomic E-state index is 10.0. The lowest BCUT2D eigenvalue weighted by Crippen LogP contribution is -2.28. The van der Waals surface area contributed by atoms with Gasteiger partial charge in [-0.15, -0.1) is 0 Å². The Balaban J connectivity index is 2.12. The summed E-state index contributed by atoms with van der Waals surface area (Å²) in [4.78, 5) is 0. The fourth-order valence-electron chi connectivity index (χ4n) is 1.73. The second-order valence-corrected chi connectivity index (χ2v) is 3.75. The number of hydrogen-bond donors (Lipinski definition) is 1. The van der Waals surface area contributed by atoms with Gasteiger partial charge in [0.25, 0.3) is 0 Å². The molecule has 0 bridgehead atoms. The summed E-state index contributed by atoms with van der Waals surface area (Å²) < 4.78 is 0. The fourth-order valence-corrected chi connectivity index (χ4v) is 1.73. The molecule has 0 amide bonds. The quantitative estimate of drug-likeness (QED) is 0.638. The van der Waals surface area contributed by atoms with E-state index in [-0.39, 0.29) is 0 Å². The van der Waals surface area contributed by atoms with Gasteiger partial charge in [0.1, 0.15) is 0 Å². The molecule has 1 heteroatoms. The third-order valence-electron chi connectivity index (χ3n) is 2.79. The van der Waals surface area contributed by atoms with Crippen molar-refractivity contribution in [3.63, 3.8) is 0 Å². The Labute approximate surface area is 67.4 Å². The minimum atomic E-state index is -0.510. The Hall–Kier alpha value is -0.560. The van der Waals surface area contributed by atoms with Gasteiger partial charge >= 0.3 is 0 Å². The Kier molecular flexibility index (Phi) is 1.43. The molecule has 0 radical (unpaired) electrons. The fraction of sp³-hybridized carbons (Fsp3) is 0.600. The summed E-state index contributed by atoms with van der Waals surface area (Å²) >= 11 is 0. The molecule has 1 unspecified atom stereocenters. The molecule has 1 N–H and O–H groups in total. The van der Waals surface area contributed by atoms with Crippen LogP contribution in [0.1, 0.15) is 26.2 Å². The monoisotopic (exact) mass is 150 g/mol. The molecule has 2 rings (SSSR count). The van der Waals surface area contributed by atoms with Gasteiger partial charge in [-0.3, -0.25) is 0 Å². The van der Waals surface area contributed by atoms with Gasteiger partial charge in [-0.05, 0) is 37.7 Å². The maximum absolute atomic E-state index is 10.0. The minimum absolute atomic E-state index is 0.510. The van der Waals surface area contributed by atoms with Crippen LogP contribution in [0.2, 0.25) is 0 Å². The first-order valence-electron chi connectivity index (χ1n) is 4.30. The van der Waals surface area contributed by atoms with Crippen LogP contribution in [-0.4, -0.2) is 10.7 Å². The molecule has 0 aromatic carbocycles. The summed E-state index contributed by atoms with van der Waals surface area (Å²) in [6.45, 7) is 1.95. The average Bonchev–Trinajstić information content (AvgIpc) is 2.66. The number of rotatable bonds is 2. The van der Waals surface area contributed by atoms with Gasteiger partial charge in [0.05, 0.1) is 5.60 Å². The topological polar surface area (TPSA) is 20.2 Å². The van der Waals surface area contributed by atoms with Crippen molar-refractivity contribution in [2.24, 2.45) is 5.92 Å². The highest BCUT2D eigenvalue weighted by atomic mass is 16.3. The van der Waals surface area contributed by atoms with E-state index in [9.17, 15) is 5.11 Å². The predicted molar refractivity (Wildman–Crippen MR) is 45.2 cm³/mol. The minimum Gasteiger partial charge on any atom is -0.385 e. The van der Waals surface area contributed by atoms with E-state index < -0.39 is 5.60 Å². The highest BCUT2D eigenvalue weighted by Crippen LogP contribution is 2.44. The highest BCUT2D eigenvalue weighted by molar-refractivity contribution is 5.31. The smallest absolute Gasteiger partial charge is 0.0862 e. The zero-order valence-corrected chi connectivity index (χ0v) is 6.88. The van der Waals surface area contributed by atoms with Crippen LogP contribution in [0.25, 0.3) is 0 Å². The van der Waals surface area contributed by atoms with E-state index >= 15 is 0 Å². The summed E-state index contributed by atoms with van der Waals surface area (Å²) in [5.74, 6) is 0.536. The molecule has 1 nitrogen and oxygen atoms in total. The van der Waals surface area contributed by atoms with Gasteiger partial charge in [0.2, 0.25) is 0 Å². The molecule has 11 heavy (non-hydrogen) atoms. The first-order valence-corrected chi connectivity index (χ1v) is 4.30. The van der Waals surface area contributed by atoms with Gasteiger partial charge in [-0.2, -0.15) is 0 Å². The second kappa shape index (κ2) is 2.21. The average molecular weight is 150 g/mol. The molecule has 0 spiro atoms. The van der Waals surface area contributed by atoms with Crippen molar-refractivity contribution in [2.75, 3.05) is 0 Å². The summed E-state index contributed by atoms with van der Waals surface area (Å²) in [5.41, 5.74) is 0.684. The lowest BCUT2D eigenvalue weighted by Gasteiger charge is -2.24. The summed E-state index contributed by atoms with van der Waals surface area (Å²) in [6, 6.07) is 0. The predicted octanol–water partition coefficient (Wildman–Crippen LogP) is 2.03. The van der Waals surface area contributed by atoms with Crippen molar-refractivity contribution >= 4 is 0 Å². The standard InChI is InChI=1S/C10H14O/c1-10(11,9-6-7-9)8-4-2-3-5-8/h2-4,9,11H,5-7H2,1H3. The van der Waals surface area contributed by atoms with E-state index in [1.165, 1.54) is 18.4 Å². The number of aliphatic hydroxyl groups is 1. The molecule has 1 saturated carbocycles. The van der Waals surface area contributed by atoms with Gasteiger partial charge in [-0.25, -0.2) is 0 Å². The molecule has 0 aromatic rings. The molecule has 0 aromatic heterocycles. The largest absolute Gasteiger partial charge is 0.385 e. The van der Waals surface area contributed by atoms with Crippen LogP contribution < -0.4 is 0 Å². The van der Waals surface area contributed by atoms with Gasteiger partial charge in [0.15, 0.2) is 0 Å². The van der Waals surface area contributed by atoms with Crippen LogP contribution in [0.3, 0.4) is 0 Å². The molecule has 1 atom stereocenters. The van der Waals surface area contributed by atoms with Crippen LogP contribution in [0.5, 0.6) is 0 Å². The maximum Gasteiger partial charge on any atom is 0.0862 e. The van der Waals surface area contributed by atoms with Gasteiger partial charge < -0.3 is 5.11 Å². The van der Waals surface area contributed by atoms with Crippen molar-refractivity contribution < 1.29 is 5.11 Å². The van der Waals surface area contributed by atoms with Crippen molar-refractivity contribution in [3.8, 4) is 0 Å². The Morgan fingerprint density at radius 3 is 2.73 bits per heavy atom. The normalized spacial score (nSPS) is 28.4. The molecule has 0 heterocycles. The second-order valence-electron chi connectivity index (χ2n) is 3.75. The van der Waals surface area contributed by atoms with Gasteiger partial charge in [0, 0.05) is 0 Å². The van der Waals surface area contributed by atoms with Crippen molar-refractivity contribution in [1.82, 2.24) is 0 Å². The van der Waals surface area contributed by atoms with E-state index in [4.69, 9.17) is 0 Å². The van der Waals surface area contributed by atoms with Crippen LogP contribution in [-0.2, 0) is 0 Å². The van der Waals surface area contributed by atoms with Crippen LogP contribution in [0.4, 0.5) is 0 Å². The Morgan fingerprint density at radius 1 is 1.55 bits per heavy atom. The molecular weight excluding hydrogens is 136 g/mol. The third-order valence-corrected chi connectivity index (χ3v) is 2.79. The first-order chi connectivity index (χ1) is 5.21. The lowest BCUT2D eigenvalue weighted by atomic mass is 9.90. The zero-order chi connectivity index (χ0) is 7.90. The summed E-state index contributed by atoms with van der Waals surface area (Å²) in [7, 11) is 0. The van der Waals surface area contributed by atoms with E-state index in [1.807, 2.05) is 13.0 Å². The number of allylic oxidation sites excluding steroid dienone is 3. The number of hydrogen-bond acceptors (Lipinski definition) is 1. The molecule has 0 aliphatic heterocycles. The molecule has 0 saturated heterocycles. The van der Waals surface area contributed by atoms with Crippen LogP contribution in [0, 0.1) is 5.92 Å². The van der Waals surface area contributed by atoms with Crippen molar-refractivity contribution in [1.29, 1.82) is 0 Å². The Bertz CT molecular complexity index is 219. The zero-order valence-electron chi connectivity index (χ0n) is 6.88. The summed E-state index contributed by atoms with van der Waals surface area (Å²) in [5, 5.41) is 10.0. The van der Waals surface area contributed by atoms with Crippen LogP contribution >= 0.6 is 0 Å². The van der Waals surface area contributed by atoms with Gasteiger partial charge in [-0.1, -0.05) is 18.2 Å². The molecule has 60 valence electrons. The molecular formula is C10H14O. The SMILES string of the molecule is CC(O)(C1=CC=CC1)C1CC1. The molecule has 2 aliphatic rings. The lowest BCUT2D eigenvalue weighted by molar-refractivity contribution is 0.0734. The highest BCUT2D eigenvalue weighted by Gasteiger charge is 2.42. The van der Waals surface area contributed by atoms with E-state index in [0.29, 0.717) is 5.92 Å². The van der Waals surface area contributed by atoms with Crippen molar-refractivity contribution in [2.45, 2.75) is 31.8 Å². The summed E-state index contributed by atoms with van der Waals surface area (Å²) in [6.07, 6.45) is 9.54. The molecule has 2 aliphatic carbocycles.